The molecule has 0 saturated heterocycles. The highest BCUT2D eigenvalue weighted by atomic mass is 16.1. The smallest absolute Gasteiger partial charge is 0.251 e. The van der Waals surface area contributed by atoms with Gasteiger partial charge in [0.1, 0.15) is 0 Å². The van der Waals surface area contributed by atoms with Gasteiger partial charge >= 0.3 is 0 Å². The number of pyridine rings is 1. The summed E-state index contributed by atoms with van der Waals surface area (Å²) in [5.41, 5.74) is 4.13. The first-order chi connectivity index (χ1) is 11.5. The maximum absolute atomic E-state index is 12.2. The van der Waals surface area contributed by atoms with Crippen LogP contribution < -0.4 is 10.9 Å². The number of carbonyl (C=O) groups excluding carboxylic acids is 1. The van der Waals surface area contributed by atoms with Gasteiger partial charge in [0.15, 0.2) is 0 Å². The van der Waals surface area contributed by atoms with E-state index in [4.69, 9.17) is 0 Å². The Balaban J connectivity index is 1.71. The predicted octanol–water partition coefficient (Wildman–Crippen LogP) is 3.12. The van der Waals surface area contributed by atoms with Crippen molar-refractivity contribution in [3.05, 3.63) is 81.1 Å². The molecular formula is C20H20N2O2. The van der Waals surface area contributed by atoms with E-state index in [1.54, 1.807) is 6.07 Å². The molecule has 3 rings (SSSR count). The summed E-state index contributed by atoms with van der Waals surface area (Å²) in [7, 11) is 0. The molecule has 0 fully saturated rings. The zero-order chi connectivity index (χ0) is 17.1. The summed E-state index contributed by atoms with van der Waals surface area (Å²) in [4.78, 5) is 27.3. The van der Waals surface area contributed by atoms with E-state index in [1.165, 1.54) is 0 Å². The number of H-pyrrole nitrogens is 1. The van der Waals surface area contributed by atoms with E-state index < -0.39 is 0 Å². The van der Waals surface area contributed by atoms with Crippen molar-refractivity contribution in [2.24, 2.45) is 0 Å². The number of carbonyl (C=O) groups is 1. The molecule has 4 heteroatoms. The zero-order valence-corrected chi connectivity index (χ0v) is 13.8. The fourth-order valence-electron chi connectivity index (χ4n) is 2.78. The van der Waals surface area contributed by atoms with Crippen molar-refractivity contribution in [2.45, 2.75) is 20.3 Å². The Bertz CT molecular complexity index is 957. The molecule has 0 atom stereocenters. The van der Waals surface area contributed by atoms with E-state index in [2.05, 4.69) is 10.3 Å². The summed E-state index contributed by atoms with van der Waals surface area (Å²) in [6, 6.07) is 15.3. The third-order valence-electron chi connectivity index (χ3n) is 4.15. The number of amides is 1. The zero-order valence-electron chi connectivity index (χ0n) is 13.8. The second-order valence-corrected chi connectivity index (χ2v) is 6.04. The van der Waals surface area contributed by atoms with Crippen LogP contribution in [0.1, 0.15) is 27.0 Å². The Labute approximate surface area is 140 Å². The molecule has 1 aromatic heterocycles. The van der Waals surface area contributed by atoms with Crippen LogP contribution in [0.3, 0.4) is 0 Å². The molecule has 1 heterocycles. The SMILES string of the molecule is Cc1ccc2cc(CCNC(=O)c3ccccc3C)c(=O)[nH]c2c1. The number of hydrogen-bond donors (Lipinski definition) is 2. The molecule has 4 nitrogen and oxygen atoms in total. The van der Waals surface area contributed by atoms with Crippen molar-refractivity contribution in [1.82, 2.24) is 10.3 Å². The molecule has 2 N–H and O–H groups in total. The standard InChI is InChI=1S/C20H20N2O2/c1-13-7-8-15-12-16(19(23)22-18(15)11-13)9-10-21-20(24)17-6-4-3-5-14(17)2/h3-8,11-12H,9-10H2,1-2H3,(H,21,24)(H,22,23). The monoisotopic (exact) mass is 320 g/mol. The summed E-state index contributed by atoms with van der Waals surface area (Å²) >= 11 is 0. The summed E-state index contributed by atoms with van der Waals surface area (Å²) < 4.78 is 0. The second-order valence-electron chi connectivity index (χ2n) is 6.04. The first-order valence-corrected chi connectivity index (χ1v) is 8.01. The Morgan fingerprint density at radius 1 is 1.08 bits per heavy atom. The van der Waals surface area contributed by atoms with Gasteiger partial charge < -0.3 is 10.3 Å². The normalized spacial score (nSPS) is 10.8. The quantitative estimate of drug-likeness (QED) is 0.776. The van der Waals surface area contributed by atoms with Crippen LogP contribution >= 0.6 is 0 Å². The first-order valence-electron chi connectivity index (χ1n) is 8.01. The lowest BCUT2D eigenvalue weighted by Gasteiger charge is -2.08. The number of aryl methyl sites for hydroxylation is 2. The molecule has 0 unspecified atom stereocenters. The predicted molar refractivity (Wildman–Crippen MR) is 96.5 cm³/mol. The van der Waals surface area contributed by atoms with Crippen LogP contribution in [-0.4, -0.2) is 17.4 Å². The highest BCUT2D eigenvalue weighted by Crippen LogP contribution is 2.13. The van der Waals surface area contributed by atoms with Gasteiger partial charge in [0.25, 0.3) is 11.5 Å². The number of nitrogens with one attached hydrogen (secondary N) is 2. The molecule has 122 valence electrons. The largest absolute Gasteiger partial charge is 0.352 e. The van der Waals surface area contributed by atoms with E-state index in [0.29, 0.717) is 24.1 Å². The molecule has 0 aliphatic heterocycles. The number of rotatable bonds is 4. The van der Waals surface area contributed by atoms with Crippen molar-refractivity contribution in [3.8, 4) is 0 Å². The van der Waals surface area contributed by atoms with Gasteiger partial charge in [0.2, 0.25) is 0 Å². The van der Waals surface area contributed by atoms with Crippen molar-refractivity contribution < 1.29 is 4.79 Å². The van der Waals surface area contributed by atoms with Gasteiger partial charge in [0.05, 0.1) is 0 Å². The highest BCUT2D eigenvalue weighted by molar-refractivity contribution is 5.95. The average molecular weight is 320 g/mol. The molecule has 2 aromatic carbocycles. The van der Waals surface area contributed by atoms with Gasteiger partial charge in [-0.1, -0.05) is 30.3 Å². The summed E-state index contributed by atoms with van der Waals surface area (Å²) in [6.45, 7) is 4.32. The second kappa shape index (κ2) is 6.71. The molecule has 0 bridgehead atoms. The molecule has 0 spiro atoms. The lowest BCUT2D eigenvalue weighted by atomic mass is 10.1. The molecule has 3 aromatic rings. The van der Waals surface area contributed by atoms with E-state index in [-0.39, 0.29) is 11.5 Å². The maximum atomic E-state index is 12.2. The number of aromatic amines is 1. The van der Waals surface area contributed by atoms with Gasteiger partial charge in [-0.3, -0.25) is 9.59 Å². The Morgan fingerprint density at radius 2 is 1.88 bits per heavy atom. The van der Waals surface area contributed by atoms with Gasteiger partial charge in [-0.15, -0.1) is 0 Å². The number of aromatic nitrogens is 1. The van der Waals surface area contributed by atoms with E-state index in [1.807, 2.05) is 56.3 Å². The Morgan fingerprint density at radius 3 is 2.67 bits per heavy atom. The van der Waals surface area contributed by atoms with E-state index in [0.717, 1.165) is 22.0 Å². The first kappa shape index (κ1) is 16.0. The number of benzene rings is 2. The van der Waals surface area contributed by atoms with Crippen LogP contribution in [0.4, 0.5) is 0 Å². The van der Waals surface area contributed by atoms with Crippen LogP contribution in [-0.2, 0) is 6.42 Å². The Kier molecular flexibility index (Phi) is 4.47. The molecule has 0 aliphatic carbocycles. The molecule has 0 radical (unpaired) electrons. The van der Waals surface area contributed by atoms with Crippen LogP contribution in [0.2, 0.25) is 0 Å². The number of hydrogen-bond acceptors (Lipinski definition) is 2. The van der Waals surface area contributed by atoms with Gasteiger partial charge in [-0.2, -0.15) is 0 Å². The van der Waals surface area contributed by atoms with Crippen LogP contribution in [0.5, 0.6) is 0 Å². The molecule has 0 aliphatic rings. The van der Waals surface area contributed by atoms with E-state index >= 15 is 0 Å². The van der Waals surface area contributed by atoms with Crippen LogP contribution in [0, 0.1) is 13.8 Å². The molecule has 0 saturated carbocycles. The van der Waals surface area contributed by atoms with Crippen molar-refractivity contribution in [1.29, 1.82) is 0 Å². The fraction of sp³-hybridized carbons (Fsp3) is 0.200. The third-order valence-corrected chi connectivity index (χ3v) is 4.15. The lowest BCUT2D eigenvalue weighted by Crippen LogP contribution is -2.28. The van der Waals surface area contributed by atoms with Crippen LogP contribution in [0.15, 0.2) is 53.3 Å². The summed E-state index contributed by atoms with van der Waals surface area (Å²) in [6.07, 6.45) is 0.497. The lowest BCUT2D eigenvalue weighted by molar-refractivity contribution is 0.0953. The topological polar surface area (TPSA) is 62.0 Å². The number of fused-ring (bicyclic) bond motifs is 1. The minimum Gasteiger partial charge on any atom is -0.352 e. The van der Waals surface area contributed by atoms with Crippen molar-refractivity contribution >= 4 is 16.8 Å². The average Bonchev–Trinajstić information content (AvgIpc) is 2.55. The molecule has 1 amide bonds. The van der Waals surface area contributed by atoms with Crippen molar-refractivity contribution in [2.75, 3.05) is 6.54 Å². The maximum Gasteiger partial charge on any atom is 0.251 e. The third kappa shape index (κ3) is 3.38. The minimum atomic E-state index is -0.110. The Hall–Kier alpha value is -2.88. The highest BCUT2D eigenvalue weighted by Gasteiger charge is 2.08. The summed E-state index contributed by atoms with van der Waals surface area (Å²) in [5, 5.41) is 3.88. The van der Waals surface area contributed by atoms with Crippen LogP contribution in [0.25, 0.3) is 10.9 Å². The van der Waals surface area contributed by atoms with Gasteiger partial charge in [-0.05, 0) is 55.0 Å². The minimum absolute atomic E-state index is 0.0989. The summed E-state index contributed by atoms with van der Waals surface area (Å²) in [5.74, 6) is -0.110. The van der Waals surface area contributed by atoms with Crippen molar-refractivity contribution in [3.63, 3.8) is 0 Å². The fourth-order valence-corrected chi connectivity index (χ4v) is 2.78. The van der Waals surface area contributed by atoms with Gasteiger partial charge in [0, 0.05) is 23.2 Å². The molecular weight excluding hydrogens is 300 g/mol. The van der Waals surface area contributed by atoms with Gasteiger partial charge in [-0.25, -0.2) is 0 Å². The van der Waals surface area contributed by atoms with E-state index in [9.17, 15) is 9.59 Å². The molecule has 24 heavy (non-hydrogen) atoms.